The summed E-state index contributed by atoms with van der Waals surface area (Å²) in [5.41, 5.74) is 4.28. The third-order valence-corrected chi connectivity index (χ3v) is 4.93. The minimum absolute atomic E-state index is 0.00874. The SMILES string of the molecule is Cc1ccccc1Nc1cc(-c2ccc(CO)cc2)sc1C(=O)O. The number of hydrogen-bond acceptors (Lipinski definition) is 4. The molecule has 0 aliphatic rings. The Morgan fingerprint density at radius 1 is 1.08 bits per heavy atom. The van der Waals surface area contributed by atoms with Gasteiger partial charge in [-0.1, -0.05) is 42.5 Å². The average Bonchev–Trinajstić information content (AvgIpc) is 3.01. The summed E-state index contributed by atoms with van der Waals surface area (Å²) >= 11 is 1.23. The zero-order chi connectivity index (χ0) is 17.1. The van der Waals surface area contributed by atoms with Gasteiger partial charge >= 0.3 is 5.97 Å². The fourth-order valence-corrected chi connectivity index (χ4v) is 3.38. The Morgan fingerprint density at radius 2 is 1.79 bits per heavy atom. The molecule has 1 heterocycles. The molecule has 0 amide bonds. The number of nitrogens with one attached hydrogen (secondary N) is 1. The van der Waals surface area contributed by atoms with E-state index in [4.69, 9.17) is 5.11 Å². The monoisotopic (exact) mass is 339 g/mol. The highest BCUT2D eigenvalue weighted by molar-refractivity contribution is 7.18. The maximum atomic E-state index is 11.6. The van der Waals surface area contributed by atoms with Crippen LogP contribution in [0.15, 0.2) is 54.6 Å². The highest BCUT2D eigenvalue weighted by atomic mass is 32.1. The number of anilines is 2. The number of thiophene rings is 1. The van der Waals surface area contributed by atoms with Crippen LogP contribution in [0.4, 0.5) is 11.4 Å². The van der Waals surface area contributed by atoms with Crippen LogP contribution in [0.1, 0.15) is 20.8 Å². The molecule has 0 spiro atoms. The molecule has 0 fully saturated rings. The van der Waals surface area contributed by atoms with Gasteiger partial charge in [-0.2, -0.15) is 0 Å². The molecule has 0 aliphatic heterocycles. The summed E-state index contributed by atoms with van der Waals surface area (Å²) in [4.78, 5) is 12.7. The molecule has 1 aromatic heterocycles. The van der Waals surface area contributed by atoms with Crippen molar-refractivity contribution in [2.45, 2.75) is 13.5 Å². The Balaban J connectivity index is 1.98. The first kappa shape index (κ1) is 16.2. The zero-order valence-corrected chi connectivity index (χ0v) is 13.9. The van der Waals surface area contributed by atoms with E-state index >= 15 is 0 Å². The van der Waals surface area contributed by atoms with Gasteiger partial charge in [-0.15, -0.1) is 11.3 Å². The summed E-state index contributed by atoms with van der Waals surface area (Å²) in [5, 5.41) is 21.8. The van der Waals surface area contributed by atoms with E-state index in [0.29, 0.717) is 5.69 Å². The first-order valence-corrected chi connectivity index (χ1v) is 8.30. The normalized spacial score (nSPS) is 10.6. The number of benzene rings is 2. The number of carbonyl (C=O) groups is 1. The van der Waals surface area contributed by atoms with Crippen LogP contribution in [0.25, 0.3) is 10.4 Å². The van der Waals surface area contributed by atoms with E-state index in [2.05, 4.69) is 5.32 Å². The summed E-state index contributed by atoms with van der Waals surface area (Å²) in [6, 6.07) is 17.1. The van der Waals surface area contributed by atoms with Gasteiger partial charge in [-0.25, -0.2) is 4.79 Å². The van der Waals surface area contributed by atoms with Crippen molar-refractivity contribution in [1.82, 2.24) is 0 Å². The zero-order valence-electron chi connectivity index (χ0n) is 13.1. The lowest BCUT2D eigenvalue weighted by molar-refractivity contribution is 0.0703. The van der Waals surface area contributed by atoms with Crippen LogP contribution < -0.4 is 5.32 Å². The second-order valence-electron chi connectivity index (χ2n) is 5.45. The highest BCUT2D eigenvalue weighted by Crippen LogP contribution is 2.36. The van der Waals surface area contributed by atoms with Crippen LogP contribution in [0.2, 0.25) is 0 Å². The maximum absolute atomic E-state index is 11.6. The van der Waals surface area contributed by atoms with Crippen molar-refractivity contribution in [3.05, 3.63) is 70.6 Å². The quantitative estimate of drug-likeness (QED) is 0.632. The van der Waals surface area contributed by atoms with E-state index in [-0.39, 0.29) is 11.5 Å². The molecule has 3 aromatic rings. The van der Waals surface area contributed by atoms with Crippen LogP contribution in [-0.4, -0.2) is 16.2 Å². The molecule has 24 heavy (non-hydrogen) atoms. The molecule has 0 unspecified atom stereocenters. The fraction of sp³-hybridized carbons (Fsp3) is 0.105. The second-order valence-corrected chi connectivity index (χ2v) is 6.51. The van der Waals surface area contributed by atoms with Gasteiger partial charge in [0.25, 0.3) is 0 Å². The molecule has 5 heteroatoms. The predicted octanol–water partition coefficient (Wildman–Crippen LogP) is 4.66. The van der Waals surface area contributed by atoms with E-state index in [0.717, 1.165) is 27.3 Å². The Bertz CT molecular complexity index is 869. The van der Waals surface area contributed by atoms with Crippen LogP contribution in [0.5, 0.6) is 0 Å². The Labute approximate surface area is 144 Å². The predicted molar refractivity (Wildman–Crippen MR) is 97.1 cm³/mol. The molecule has 0 bridgehead atoms. The van der Waals surface area contributed by atoms with Crippen molar-refractivity contribution >= 4 is 28.7 Å². The molecule has 0 saturated carbocycles. The van der Waals surface area contributed by atoms with Gasteiger partial charge < -0.3 is 15.5 Å². The van der Waals surface area contributed by atoms with Crippen molar-refractivity contribution in [2.75, 3.05) is 5.32 Å². The van der Waals surface area contributed by atoms with E-state index in [9.17, 15) is 9.90 Å². The minimum Gasteiger partial charge on any atom is -0.477 e. The first-order valence-electron chi connectivity index (χ1n) is 7.48. The Hall–Kier alpha value is -2.63. The van der Waals surface area contributed by atoms with E-state index in [1.54, 1.807) is 0 Å². The number of hydrogen-bond donors (Lipinski definition) is 3. The second kappa shape index (κ2) is 6.86. The highest BCUT2D eigenvalue weighted by Gasteiger charge is 2.17. The van der Waals surface area contributed by atoms with Crippen LogP contribution in [0.3, 0.4) is 0 Å². The molecule has 122 valence electrons. The number of carboxylic acids is 1. The molecule has 3 rings (SSSR count). The van der Waals surface area contributed by atoms with Gasteiger partial charge in [-0.3, -0.25) is 0 Å². The largest absolute Gasteiger partial charge is 0.477 e. The Kier molecular flexibility index (Phi) is 4.64. The van der Waals surface area contributed by atoms with Gasteiger partial charge in [0.15, 0.2) is 0 Å². The molecule has 3 N–H and O–H groups in total. The number of aliphatic hydroxyl groups excluding tert-OH is 1. The summed E-state index contributed by atoms with van der Waals surface area (Å²) in [6.07, 6.45) is 0. The Morgan fingerprint density at radius 3 is 2.42 bits per heavy atom. The molecule has 0 atom stereocenters. The summed E-state index contributed by atoms with van der Waals surface area (Å²) in [7, 11) is 0. The summed E-state index contributed by atoms with van der Waals surface area (Å²) in [5.74, 6) is -0.950. The van der Waals surface area contributed by atoms with Crippen molar-refractivity contribution in [3.8, 4) is 10.4 Å². The van der Waals surface area contributed by atoms with Gasteiger partial charge in [0.05, 0.1) is 12.3 Å². The van der Waals surface area contributed by atoms with Gasteiger partial charge in [0.2, 0.25) is 0 Å². The maximum Gasteiger partial charge on any atom is 0.348 e. The number of aryl methyl sites for hydroxylation is 1. The summed E-state index contributed by atoms with van der Waals surface area (Å²) < 4.78 is 0. The number of aliphatic hydroxyl groups is 1. The van der Waals surface area contributed by atoms with Gasteiger partial charge in [-0.05, 0) is 35.7 Å². The van der Waals surface area contributed by atoms with Crippen molar-refractivity contribution in [3.63, 3.8) is 0 Å². The molecule has 2 aromatic carbocycles. The third-order valence-electron chi connectivity index (χ3n) is 3.76. The van der Waals surface area contributed by atoms with Crippen LogP contribution in [0, 0.1) is 6.92 Å². The number of rotatable bonds is 5. The molecular formula is C19H17NO3S. The lowest BCUT2D eigenvalue weighted by Crippen LogP contribution is -1.99. The van der Waals surface area contributed by atoms with E-state index in [1.165, 1.54) is 11.3 Å². The molecule has 0 saturated heterocycles. The summed E-state index contributed by atoms with van der Waals surface area (Å²) in [6.45, 7) is 1.97. The first-order chi connectivity index (χ1) is 11.6. The molecular weight excluding hydrogens is 322 g/mol. The lowest BCUT2D eigenvalue weighted by atomic mass is 10.1. The number of carboxylic acid groups (broad SMARTS) is 1. The fourth-order valence-electron chi connectivity index (χ4n) is 2.42. The van der Waals surface area contributed by atoms with Crippen molar-refractivity contribution in [2.24, 2.45) is 0 Å². The topological polar surface area (TPSA) is 69.6 Å². The number of aromatic carboxylic acids is 1. The smallest absolute Gasteiger partial charge is 0.348 e. The van der Waals surface area contributed by atoms with Crippen LogP contribution in [-0.2, 0) is 6.61 Å². The number of para-hydroxylation sites is 1. The van der Waals surface area contributed by atoms with Crippen LogP contribution >= 0.6 is 11.3 Å². The van der Waals surface area contributed by atoms with E-state index < -0.39 is 5.97 Å². The standard InChI is InChI=1S/C19H17NO3S/c1-12-4-2-3-5-15(12)20-16-10-17(24-18(16)19(22)23)14-8-6-13(11-21)7-9-14/h2-10,20-21H,11H2,1H3,(H,22,23). The van der Waals surface area contributed by atoms with Gasteiger partial charge in [0, 0.05) is 10.6 Å². The molecule has 4 nitrogen and oxygen atoms in total. The van der Waals surface area contributed by atoms with Crippen molar-refractivity contribution in [1.29, 1.82) is 0 Å². The molecule has 0 aliphatic carbocycles. The van der Waals surface area contributed by atoms with Crippen molar-refractivity contribution < 1.29 is 15.0 Å². The minimum atomic E-state index is -0.950. The van der Waals surface area contributed by atoms with E-state index in [1.807, 2.05) is 61.5 Å². The lowest BCUT2D eigenvalue weighted by Gasteiger charge is -2.08. The third kappa shape index (κ3) is 3.32. The average molecular weight is 339 g/mol. The molecule has 0 radical (unpaired) electrons. The van der Waals surface area contributed by atoms with Gasteiger partial charge in [0.1, 0.15) is 4.88 Å².